The van der Waals surface area contributed by atoms with Crippen LogP contribution in [0.1, 0.15) is 10.5 Å². The summed E-state index contributed by atoms with van der Waals surface area (Å²) in [6, 6.07) is 7.63. The number of carboxylic acids is 2. The molecule has 0 fully saturated rings. The first-order valence-electron chi connectivity index (χ1n) is 6.71. The summed E-state index contributed by atoms with van der Waals surface area (Å²) in [6.45, 7) is 0. The fourth-order valence-corrected chi connectivity index (χ4v) is 5.79. The number of aliphatic carboxylic acids is 1. The normalized spacial score (nSPS) is 24.4. The molecule has 2 aromatic rings. The van der Waals surface area contributed by atoms with E-state index in [9.17, 15) is 24.4 Å². The van der Waals surface area contributed by atoms with Gasteiger partial charge in [0.2, 0.25) is 5.69 Å². The number of nitrogens with one attached hydrogen (secondary N) is 2. The first-order chi connectivity index (χ1) is 11.8. The van der Waals surface area contributed by atoms with Gasteiger partial charge in [0.1, 0.15) is 0 Å². The van der Waals surface area contributed by atoms with E-state index in [0.29, 0.717) is 0 Å². The monoisotopic (exact) mass is 384 g/mol. The minimum atomic E-state index is -4.11. The largest absolute Gasteiger partial charge is 0.478 e. The van der Waals surface area contributed by atoms with Crippen molar-refractivity contribution in [3.8, 4) is 0 Å². The molecule has 25 heavy (non-hydrogen) atoms. The SMILES string of the molecule is O=C(O)c1n[nH]nc1P(=O)(c1ccccc1)C1N=NNC1(Cl)C(=O)O. The highest BCUT2D eigenvalue weighted by atomic mass is 35.5. The molecule has 1 aliphatic heterocycles. The zero-order valence-corrected chi connectivity index (χ0v) is 13.8. The number of hydrogen-bond donors (Lipinski definition) is 4. The average Bonchev–Trinajstić information content (AvgIpc) is 3.23. The Bertz CT molecular complexity index is 918. The number of aromatic carboxylic acids is 1. The Kier molecular flexibility index (Phi) is 4.05. The minimum absolute atomic E-state index is 0.116. The summed E-state index contributed by atoms with van der Waals surface area (Å²) in [4.78, 5) is 20.7. The van der Waals surface area contributed by atoms with E-state index in [1.54, 1.807) is 18.2 Å². The molecule has 3 atom stereocenters. The number of aromatic amines is 1. The van der Waals surface area contributed by atoms with Crippen LogP contribution in [0.3, 0.4) is 0 Å². The van der Waals surface area contributed by atoms with Crippen LogP contribution in [0.25, 0.3) is 0 Å². The highest BCUT2D eigenvalue weighted by molar-refractivity contribution is 7.79. The second kappa shape index (κ2) is 5.94. The molecule has 2 heterocycles. The van der Waals surface area contributed by atoms with Crippen LogP contribution in [-0.4, -0.2) is 48.3 Å². The molecule has 1 aliphatic rings. The fraction of sp³-hybridized carbons (Fsp3) is 0.167. The van der Waals surface area contributed by atoms with Crippen molar-refractivity contribution in [3.05, 3.63) is 36.0 Å². The maximum absolute atomic E-state index is 14.0. The third-order valence-electron chi connectivity index (χ3n) is 3.58. The van der Waals surface area contributed by atoms with Gasteiger partial charge < -0.3 is 14.8 Å². The van der Waals surface area contributed by atoms with Gasteiger partial charge in [-0.3, -0.25) is 5.43 Å². The molecular formula is C12H10ClN6O5P. The zero-order valence-electron chi connectivity index (χ0n) is 12.2. The molecule has 0 saturated heterocycles. The number of carboxylic acid groups (broad SMARTS) is 2. The van der Waals surface area contributed by atoms with Crippen LogP contribution in [0.4, 0.5) is 0 Å². The van der Waals surface area contributed by atoms with Crippen molar-refractivity contribution in [3.63, 3.8) is 0 Å². The second-order valence-corrected chi connectivity index (χ2v) is 8.35. The first-order valence-corrected chi connectivity index (χ1v) is 8.86. The van der Waals surface area contributed by atoms with Gasteiger partial charge in [-0.25, -0.2) is 9.59 Å². The van der Waals surface area contributed by atoms with Gasteiger partial charge in [0, 0.05) is 5.30 Å². The van der Waals surface area contributed by atoms with E-state index >= 15 is 0 Å². The molecule has 3 unspecified atom stereocenters. The lowest BCUT2D eigenvalue weighted by Gasteiger charge is -2.28. The number of carbonyl (C=O) groups is 2. The number of benzene rings is 1. The predicted octanol–water partition coefficient (Wildman–Crippen LogP) is 0.133. The summed E-state index contributed by atoms with van der Waals surface area (Å²) in [5.74, 6) is -4.69. The lowest BCUT2D eigenvalue weighted by Crippen LogP contribution is -2.52. The topological polar surface area (TPSA) is 170 Å². The highest BCUT2D eigenvalue weighted by Gasteiger charge is 2.60. The van der Waals surface area contributed by atoms with Gasteiger partial charge in [-0.05, 0) is 0 Å². The highest BCUT2D eigenvalue weighted by Crippen LogP contribution is 2.55. The van der Waals surface area contributed by atoms with Crippen LogP contribution in [0.2, 0.25) is 0 Å². The Hall–Kier alpha value is -2.78. The molecule has 11 nitrogen and oxygen atoms in total. The number of halogens is 1. The van der Waals surface area contributed by atoms with Gasteiger partial charge in [0.15, 0.2) is 18.4 Å². The number of H-pyrrole nitrogens is 1. The van der Waals surface area contributed by atoms with E-state index in [1.165, 1.54) is 12.1 Å². The van der Waals surface area contributed by atoms with Gasteiger partial charge in [0.25, 0.3) is 5.00 Å². The Morgan fingerprint density at radius 2 is 1.88 bits per heavy atom. The number of hydrogen-bond acceptors (Lipinski definition) is 8. The maximum Gasteiger partial charge on any atom is 0.358 e. The summed E-state index contributed by atoms with van der Waals surface area (Å²) >= 11 is 6.08. The Morgan fingerprint density at radius 3 is 2.48 bits per heavy atom. The summed E-state index contributed by atoms with van der Waals surface area (Å²) in [5.41, 5.74) is 1.06. The number of nitrogens with zero attached hydrogens (tertiary/aromatic N) is 4. The van der Waals surface area contributed by atoms with Crippen molar-refractivity contribution < 1.29 is 24.4 Å². The van der Waals surface area contributed by atoms with E-state index in [2.05, 4.69) is 31.2 Å². The summed E-state index contributed by atoms with van der Waals surface area (Å²) < 4.78 is 14.0. The van der Waals surface area contributed by atoms with Crippen molar-refractivity contribution in [1.29, 1.82) is 0 Å². The third-order valence-corrected chi connectivity index (χ3v) is 7.37. The Morgan fingerprint density at radius 1 is 1.20 bits per heavy atom. The van der Waals surface area contributed by atoms with E-state index in [4.69, 9.17) is 11.6 Å². The first kappa shape index (κ1) is 17.1. The van der Waals surface area contributed by atoms with Gasteiger partial charge in [-0.1, -0.05) is 47.2 Å². The summed E-state index contributed by atoms with van der Waals surface area (Å²) in [5, 5.41) is 35.2. The molecule has 130 valence electrons. The molecule has 0 bridgehead atoms. The predicted molar refractivity (Wildman–Crippen MR) is 84.7 cm³/mol. The molecule has 0 aliphatic carbocycles. The summed E-state index contributed by atoms with van der Waals surface area (Å²) in [7, 11) is -4.11. The smallest absolute Gasteiger partial charge is 0.358 e. The molecule has 4 N–H and O–H groups in total. The molecule has 1 aromatic heterocycles. The Labute approximate surface area is 144 Å². The van der Waals surface area contributed by atoms with Crippen molar-refractivity contribution in [2.45, 2.75) is 10.8 Å². The van der Waals surface area contributed by atoms with Gasteiger partial charge >= 0.3 is 11.9 Å². The van der Waals surface area contributed by atoms with Crippen LogP contribution in [0, 0.1) is 0 Å². The number of aromatic nitrogens is 3. The zero-order chi connectivity index (χ0) is 18.2. The van der Waals surface area contributed by atoms with E-state index in [-0.39, 0.29) is 5.30 Å². The molecule has 0 amide bonds. The molecule has 0 saturated carbocycles. The van der Waals surface area contributed by atoms with Crippen LogP contribution < -0.4 is 16.2 Å². The molecule has 0 spiro atoms. The van der Waals surface area contributed by atoms with Gasteiger partial charge in [0.05, 0.1) is 0 Å². The average molecular weight is 385 g/mol. The third kappa shape index (κ3) is 2.48. The van der Waals surface area contributed by atoms with Gasteiger partial charge in [-0.15, -0.1) is 5.10 Å². The number of rotatable bonds is 5. The van der Waals surface area contributed by atoms with E-state index in [1.807, 2.05) is 0 Å². The maximum atomic E-state index is 14.0. The van der Waals surface area contributed by atoms with Crippen molar-refractivity contribution in [2.24, 2.45) is 10.3 Å². The van der Waals surface area contributed by atoms with E-state index in [0.717, 1.165) is 0 Å². The van der Waals surface area contributed by atoms with Crippen molar-refractivity contribution >= 4 is 41.4 Å². The second-order valence-electron chi connectivity index (χ2n) is 5.01. The standard InChI is InChI=1S/C12H10ClN6O5P/c13-12(11(22)23)10(16-19-17-12)25(24,6-4-2-1-3-5-6)8-7(9(20)21)14-18-15-8/h1-5,10H,(H,16,17)(H,20,21)(H,22,23)(H,14,15,18). The lowest BCUT2D eigenvalue weighted by molar-refractivity contribution is -0.140. The van der Waals surface area contributed by atoms with Gasteiger partial charge in [-0.2, -0.15) is 15.4 Å². The van der Waals surface area contributed by atoms with Crippen molar-refractivity contribution in [1.82, 2.24) is 20.8 Å². The quantitative estimate of drug-likeness (QED) is 0.320. The van der Waals surface area contributed by atoms with E-state index < -0.39 is 41.0 Å². The van der Waals surface area contributed by atoms with Crippen LogP contribution >= 0.6 is 18.7 Å². The molecule has 1 aromatic carbocycles. The van der Waals surface area contributed by atoms with Crippen molar-refractivity contribution in [2.75, 3.05) is 0 Å². The molecule has 0 radical (unpaired) electrons. The molecule has 3 rings (SSSR count). The fourth-order valence-electron chi connectivity index (χ4n) is 2.40. The number of alkyl halides is 1. The van der Waals surface area contributed by atoms with Crippen LogP contribution in [0.15, 0.2) is 40.7 Å². The Balaban J connectivity index is 2.30. The lowest BCUT2D eigenvalue weighted by atomic mass is 10.3. The van der Waals surface area contributed by atoms with Crippen LogP contribution in [-0.2, 0) is 9.36 Å². The molecule has 13 heteroatoms. The summed E-state index contributed by atoms with van der Waals surface area (Å²) in [6.07, 6.45) is 0. The minimum Gasteiger partial charge on any atom is -0.478 e. The van der Waals surface area contributed by atoms with Crippen LogP contribution in [0.5, 0.6) is 0 Å². The molecular weight excluding hydrogens is 375 g/mol.